The average molecular weight is 566 g/mol. The molecule has 170 valence electrons. The van der Waals surface area contributed by atoms with Gasteiger partial charge in [-0.15, -0.1) is 0 Å². The molecular formula is C26H21BrCl3NO2. The minimum Gasteiger partial charge on any atom is -0.493 e. The maximum absolute atomic E-state index is 6.59. The Morgan fingerprint density at radius 3 is 2.67 bits per heavy atom. The third-order valence-corrected chi connectivity index (χ3v) is 7.81. The van der Waals surface area contributed by atoms with Gasteiger partial charge in [0.15, 0.2) is 11.5 Å². The lowest BCUT2D eigenvalue weighted by molar-refractivity contribution is 0.282. The summed E-state index contributed by atoms with van der Waals surface area (Å²) in [7, 11) is 1.65. The molecule has 1 N–H and O–H groups in total. The van der Waals surface area contributed by atoms with Crippen LogP contribution in [0.1, 0.15) is 35.1 Å². The van der Waals surface area contributed by atoms with Crippen molar-refractivity contribution in [3.63, 3.8) is 0 Å². The topological polar surface area (TPSA) is 30.5 Å². The van der Waals surface area contributed by atoms with E-state index in [1.165, 1.54) is 0 Å². The molecule has 3 aromatic carbocycles. The SMILES string of the molecule is COc1cc([C@@H]2Nc3cc(Cl)cc(Cl)c3[C@H]3C=CC[C@H]32)cc(Br)c1OCc1ccccc1Cl. The molecule has 0 saturated carbocycles. The minimum atomic E-state index is 0.0647. The van der Waals surface area contributed by atoms with Crippen LogP contribution in [0, 0.1) is 5.92 Å². The van der Waals surface area contributed by atoms with E-state index in [4.69, 9.17) is 44.3 Å². The molecular weight excluding hydrogens is 545 g/mol. The molecule has 3 nitrogen and oxygen atoms in total. The summed E-state index contributed by atoms with van der Waals surface area (Å²) >= 11 is 22.9. The van der Waals surface area contributed by atoms with Gasteiger partial charge in [0.25, 0.3) is 0 Å². The number of anilines is 1. The van der Waals surface area contributed by atoms with Crippen molar-refractivity contribution < 1.29 is 9.47 Å². The van der Waals surface area contributed by atoms with Crippen LogP contribution in [-0.4, -0.2) is 7.11 Å². The molecule has 0 fully saturated rings. The molecule has 0 aromatic heterocycles. The highest BCUT2D eigenvalue weighted by Crippen LogP contribution is 2.53. The van der Waals surface area contributed by atoms with Crippen LogP contribution in [0.3, 0.4) is 0 Å². The normalized spacial score (nSPS) is 20.7. The number of methoxy groups -OCH3 is 1. The van der Waals surface area contributed by atoms with Gasteiger partial charge in [-0.3, -0.25) is 0 Å². The Balaban J connectivity index is 1.48. The molecule has 0 bridgehead atoms. The Morgan fingerprint density at radius 2 is 1.88 bits per heavy atom. The van der Waals surface area contributed by atoms with E-state index in [0.717, 1.165) is 33.3 Å². The monoisotopic (exact) mass is 563 g/mol. The molecule has 1 heterocycles. The van der Waals surface area contributed by atoms with E-state index in [9.17, 15) is 0 Å². The molecule has 1 aliphatic heterocycles. The maximum Gasteiger partial charge on any atom is 0.175 e. The van der Waals surface area contributed by atoms with Crippen molar-refractivity contribution in [3.8, 4) is 11.5 Å². The van der Waals surface area contributed by atoms with Crippen LogP contribution in [0.5, 0.6) is 11.5 Å². The highest BCUT2D eigenvalue weighted by atomic mass is 79.9. The van der Waals surface area contributed by atoms with Crippen molar-refractivity contribution in [3.05, 3.63) is 96.9 Å². The van der Waals surface area contributed by atoms with Gasteiger partial charge in [-0.2, -0.15) is 0 Å². The summed E-state index contributed by atoms with van der Waals surface area (Å²) in [5.74, 6) is 1.87. The largest absolute Gasteiger partial charge is 0.493 e. The van der Waals surface area contributed by atoms with Crippen LogP contribution in [0.4, 0.5) is 5.69 Å². The first-order valence-corrected chi connectivity index (χ1v) is 12.5. The molecule has 0 radical (unpaired) electrons. The molecule has 1 aliphatic carbocycles. The standard InChI is InChI=1S/C26H21BrCl3NO2/c1-32-23-10-15(9-19(27)26(23)33-13-14-5-2-3-8-20(14)29)25-18-7-4-6-17(18)24-21(30)11-16(28)12-22(24)31-25/h2-6,8-12,17-18,25,31H,7,13H2,1H3/t17-,18+,25-/m0/s1. The molecule has 7 heteroatoms. The second-order valence-electron chi connectivity index (χ2n) is 8.24. The van der Waals surface area contributed by atoms with Crippen molar-refractivity contribution in [2.75, 3.05) is 12.4 Å². The Kier molecular flexibility index (Phi) is 6.54. The fraction of sp³-hybridized carbons (Fsp3) is 0.231. The summed E-state index contributed by atoms with van der Waals surface area (Å²) in [6, 6.07) is 15.6. The second-order valence-corrected chi connectivity index (χ2v) is 10.3. The molecule has 3 aromatic rings. The first-order chi connectivity index (χ1) is 16.0. The van der Waals surface area contributed by atoms with Crippen LogP contribution in [0.15, 0.2) is 65.2 Å². The summed E-state index contributed by atoms with van der Waals surface area (Å²) < 4.78 is 12.7. The molecule has 2 aliphatic rings. The highest BCUT2D eigenvalue weighted by molar-refractivity contribution is 9.10. The number of fused-ring (bicyclic) bond motifs is 3. The average Bonchev–Trinajstić information content (AvgIpc) is 3.27. The Bertz CT molecular complexity index is 1250. The lowest BCUT2D eigenvalue weighted by atomic mass is 9.77. The van der Waals surface area contributed by atoms with Crippen molar-refractivity contribution in [2.24, 2.45) is 5.92 Å². The van der Waals surface area contributed by atoms with Gasteiger partial charge in [0.2, 0.25) is 0 Å². The quantitative estimate of drug-likeness (QED) is 0.314. The fourth-order valence-corrected chi connectivity index (χ4v) is 6.18. The summed E-state index contributed by atoms with van der Waals surface area (Å²) in [6.45, 7) is 0.342. The molecule has 0 unspecified atom stereocenters. The fourth-order valence-electron chi connectivity index (χ4n) is 4.80. The second kappa shape index (κ2) is 9.42. The molecule has 5 rings (SSSR count). The van der Waals surface area contributed by atoms with Gasteiger partial charge < -0.3 is 14.8 Å². The zero-order valence-corrected chi connectivity index (χ0v) is 21.6. The van der Waals surface area contributed by atoms with Crippen LogP contribution >= 0.6 is 50.7 Å². The predicted molar refractivity (Wildman–Crippen MR) is 139 cm³/mol. The van der Waals surface area contributed by atoms with Gasteiger partial charge in [-0.25, -0.2) is 0 Å². The van der Waals surface area contributed by atoms with Crippen LogP contribution in [-0.2, 0) is 6.61 Å². The van der Waals surface area contributed by atoms with Crippen molar-refractivity contribution in [2.45, 2.75) is 25.0 Å². The zero-order chi connectivity index (χ0) is 23.1. The Labute approximate surface area is 216 Å². The number of nitrogens with one attached hydrogen (secondary N) is 1. The number of rotatable bonds is 5. The van der Waals surface area contributed by atoms with E-state index in [2.05, 4.69) is 39.5 Å². The van der Waals surface area contributed by atoms with Crippen LogP contribution < -0.4 is 14.8 Å². The summed E-state index contributed by atoms with van der Waals surface area (Å²) in [5, 5.41) is 5.68. The van der Waals surface area contributed by atoms with Gasteiger partial charge >= 0.3 is 0 Å². The summed E-state index contributed by atoms with van der Waals surface area (Å²) in [6.07, 6.45) is 5.45. The minimum absolute atomic E-state index is 0.0647. The summed E-state index contributed by atoms with van der Waals surface area (Å²) in [4.78, 5) is 0. The molecule has 0 amide bonds. The number of benzene rings is 3. The van der Waals surface area contributed by atoms with Gasteiger partial charge in [0, 0.05) is 37.8 Å². The third-order valence-electron chi connectivity index (χ3n) is 6.32. The number of allylic oxidation sites excluding steroid dienone is 2. The van der Waals surface area contributed by atoms with E-state index in [0.29, 0.717) is 39.1 Å². The number of ether oxygens (including phenoxy) is 2. The van der Waals surface area contributed by atoms with E-state index in [1.807, 2.05) is 42.5 Å². The number of hydrogen-bond acceptors (Lipinski definition) is 3. The lowest BCUT2D eigenvalue weighted by Gasteiger charge is -2.38. The van der Waals surface area contributed by atoms with Gasteiger partial charge in [0.1, 0.15) is 6.61 Å². The molecule has 33 heavy (non-hydrogen) atoms. The highest BCUT2D eigenvalue weighted by Gasteiger charge is 2.39. The zero-order valence-electron chi connectivity index (χ0n) is 17.7. The van der Waals surface area contributed by atoms with Gasteiger partial charge in [0.05, 0.1) is 17.6 Å². The third kappa shape index (κ3) is 4.35. The van der Waals surface area contributed by atoms with Gasteiger partial charge in [-0.1, -0.05) is 65.2 Å². The van der Waals surface area contributed by atoms with Crippen molar-refractivity contribution >= 4 is 56.4 Å². The lowest BCUT2D eigenvalue weighted by Crippen LogP contribution is -2.29. The molecule has 0 spiro atoms. The van der Waals surface area contributed by atoms with E-state index in [1.54, 1.807) is 7.11 Å². The van der Waals surface area contributed by atoms with Crippen LogP contribution in [0.2, 0.25) is 15.1 Å². The first kappa shape index (κ1) is 22.9. The van der Waals surface area contributed by atoms with Crippen molar-refractivity contribution in [1.82, 2.24) is 0 Å². The maximum atomic E-state index is 6.59. The number of halogens is 4. The summed E-state index contributed by atoms with van der Waals surface area (Å²) in [5.41, 5.74) is 4.10. The Morgan fingerprint density at radius 1 is 1.06 bits per heavy atom. The smallest absolute Gasteiger partial charge is 0.175 e. The van der Waals surface area contributed by atoms with Crippen LogP contribution in [0.25, 0.3) is 0 Å². The van der Waals surface area contributed by atoms with Gasteiger partial charge in [-0.05, 0) is 64.2 Å². The molecule has 0 saturated heterocycles. The Hall–Kier alpha value is -1.85. The van der Waals surface area contributed by atoms with E-state index < -0.39 is 0 Å². The molecule has 3 atom stereocenters. The van der Waals surface area contributed by atoms with E-state index in [-0.39, 0.29) is 12.0 Å². The first-order valence-electron chi connectivity index (χ1n) is 10.6. The van der Waals surface area contributed by atoms with E-state index >= 15 is 0 Å². The van der Waals surface area contributed by atoms with Crippen molar-refractivity contribution in [1.29, 1.82) is 0 Å². The number of hydrogen-bond donors (Lipinski definition) is 1. The predicted octanol–water partition coefficient (Wildman–Crippen LogP) is 8.82.